The molecule has 2 fully saturated rings. The molecule has 6 heteroatoms. The Morgan fingerprint density at radius 1 is 1.50 bits per heavy atom. The van der Waals surface area contributed by atoms with E-state index in [4.69, 9.17) is 22.1 Å². The second kappa shape index (κ2) is 5.38. The van der Waals surface area contributed by atoms with Gasteiger partial charge in [-0.25, -0.2) is 0 Å². The lowest BCUT2D eigenvalue weighted by Gasteiger charge is -2.37. The summed E-state index contributed by atoms with van der Waals surface area (Å²) in [5, 5.41) is 0. The third-order valence-corrected chi connectivity index (χ3v) is 6.30. The largest absolute Gasteiger partial charge is 0.372 e. The number of nitrogens with two attached hydrogens (primary N) is 1. The fourth-order valence-corrected chi connectivity index (χ4v) is 4.76. The van der Waals surface area contributed by atoms with Gasteiger partial charge < -0.3 is 10.5 Å². The van der Waals surface area contributed by atoms with Crippen LogP contribution in [0, 0.1) is 0 Å². The Bertz CT molecular complexity index is 410. The van der Waals surface area contributed by atoms with E-state index in [-0.39, 0.29) is 6.04 Å². The normalized spacial score (nSPS) is 29.7. The number of ether oxygens (including phenoxy) is 1. The fourth-order valence-electron chi connectivity index (χ4n) is 2.87. The molecule has 3 heterocycles. The molecule has 1 aromatic rings. The molecule has 2 N–H and O–H groups in total. The van der Waals surface area contributed by atoms with Crippen LogP contribution in [0.1, 0.15) is 23.8 Å². The van der Waals surface area contributed by atoms with Crippen LogP contribution in [-0.4, -0.2) is 36.7 Å². The van der Waals surface area contributed by atoms with Crippen molar-refractivity contribution >= 4 is 38.9 Å². The number of morpholine rings is 1. The standard InChI is InChI=1S/C12H16BrClN2OS/c13-9-3-11(18-12(9)14)10(4-15)16-5-7-1-2-8(6-16)17-7/h3,7-8,10H,1-2,4-6,15H2. The first-order valence-corrected chi connectivity index (χ1v) is 8.20. The minimum Gasteiger partial charge on any atom is -0.372 e. The van der Waals surface area contributed by atoms with E-state index in [1.54, 1.807) is 11.3 Å². The van der Waals surface area contributed by atoms with Gasteiger partial charge in [0.1, 0.15) is 4.34 Å². The molecule has 1 aromatic heterocycles. The molecule has 0 radical (unpaired) electrons. The number of nitrogens with zero attached hydrogens (tertiary/aromatic N) is 1. The highest BCUT2D eigenvalue weighted by molar-refractivity contribution is 9.10. The van der Waals surface area contributed by atoms with Crippen LogP contribution in [0.2, 0.25) is 4.34 Å². The molecule has 100 valence electrons. The molecule has 2 aliphatic heterocycles. The molecule has 0 saturated carbocycles. The smallest absolute Gasteiger partial charge is 0.107 e. The van der Waals surface area contributed by atoms with Crippen LogP contribution in [-0.2, 0) is 4.74 Å². The molecule has 3 nitrogen and oxygen atoms in total. The molecule has 2 aliphatic rings. The minimum absolute atomic E-state index is 0.269. The monoisotopic (exact) mass is 350 g/mol. The lowest BCUT2D eigenvalue weighted by atomic mass is 10.1. The zero-order valence-corrected chi connectivity index (χ0v) is 13.1. The molecular weight excluding hydrogens is 336 g/mol. The molecule has 0 aromatic carbocycles. The van der Waals surface area contributed by atoms with E-state index in [1.807, 2.05) is 0 Å². The van der Waals surface area contributed by atoms with E-state index in [2.05, 4.69) is 26.9 Å². The van der Waals surface area contributed by atoms with Crippen LogP contribution in [0.15, 0.2) is 10.5 Å². The second-order valence-electron chi connectivity index (χ2n) is 4.93. The molecule has 0 amide bonds. The summed E-state index contributed by atoms with van der Waals surface area (Å²) in [6.45, 7) is 2.61. The zero-order valence-electron chi connectivity index (χ0n) is 9.94. The van der Waals surface area contributed by atoms with Gasteiger partial charge in [0, 0.05) is 29.0 Å². The van der Waals surface area contributed by atoms with E-state index in [0.29, 0.717) is 18.8 Å². The van der Waals surface area contributed by atoms with E-state index in [9.17, 15) is 0 Å². The topological polar surface area (TPSA) is 38.5 Å². The summed E-state index contributed by atoms with van der Waals surface area (Å²) < 4.78 is 7.65. The fraction of sp³-hybridized carbons (Fsp3) is 0.667. The van der Waals surface area contributed by atoms with Crippen molar-refractivity contribution in [3.8, 4) is 0 Å². The van der Waals surface area contributed by atoms with E-state index in [0.717, 1.165) is 21.9 Å². The molecule has 18 heavy (non-hydrogen) atoms. The Morgan fingerprint density at radius 3 is 2.67 bits per heavy atom. The highest BCUT2D eigenvalue weighted by Gasteiger charge is 2.37. The van der Waals surface area contributed by atoms with Gasteiger partial charge >= 0.3 is 0 Å². The van der Waals surface area contributed by atoms with E-state index in [1.165, 1.54) is 17.7 Å². The molecule has 3 unspecified atom stereocenters. The predicted molar refractivity (Wildman–Crippen MR) is 78.3 cm³/mol. The number of hydrogen-bond donors (Lipinski definition) is 1. The predicted octanol–water partition coefficient (Wildman–Crippen LogP) is 3.03. The summed E-state index contributed by atoms with van der Waals surface area (Å²) in [5.74, 6) is 0. The quantitative estimate of drug-likeness (QED) is 0.909. The van der Waals surface area contributed by atoms with Gasteiger partial charge in [0.2, 0.25) is 0 Å². The van der Waals surface area contributed by atoms with E-state index < -0.39 is 0 Å². The Hall–Kier alpha value is 0.350. The van der Waals surface area contributed by atoms with Gasteiger partial charge in [0.25, 0.3) is 0 Å². The Kier molecular flexibility index (Phi) is 3.99. The van der Waals surface area contributed by atoms with Crippen LogP contribution in [0.5, 0.6) is 0 Å². The van der Waals surface area contributed by atoms with Crippen LogP contribution < -0.4 is 5.73 Å². The Labute approximate surface area is 124 Å². The number of fused-ring (bicyclic) bond motifs is 2. The molecule has 0 spiro atoms. The minimum atomic E-state index is 0.269. The maximum Gasteiger partial charge on any atom is 0.107 e. The molecule has 2 saturated heterocycles. The summed E-state index contributed by atoms with van der Waals surface area (Å²) in [4.78, 5) is 3.70. The van der Waals surface area contributed by atoms with Gasteiger partial charge in [-0.1, -0.05) is 11.6 Å². The summed E-state index contributed by atoms with van der Waals surface area (Å²) in [5.41, 5.74) is 5.97. The van der Waals surface area contributed by atoms with Crippen molar-refractivity contribution in [2.45, 2.75) is 31.1 Å². The summed E-state index contributed by atoms with van der Waals surface area (Å²) in [6, 6.07) is 2.37. The van der Waals surface area contributed by atoms with Gasteiger partial charge in [0.15, 0.2) is 0 Å². The van der Waals surface area contributed by atoms with Crippen molar-refractivity contribution in [3.63, 3.8) is 0 Å². The number of likely N-dealkylation sites (tertiary alicyclic amines) is 1. The maximum atomic E-state index is 6.13. The third kappa shape index (κ3) is 2.49. The average Bonchev–Trinajstić information content (AvgIpc) is 2.84. The first kappa shape index (κ1) is 13.3. The Morgan fingerprint density at radius 2 is 2.17 bits per heavy atom. The number of rotatable bonds is 3. The molecule has 3 rings (SSSR count). The first-order chi connectivity index (χ1) is 8.67. The van der Waals surface area contributed by atoms with Crippen LogP contribution in [0.3, 0.4) is 0 Å². The molecule has 2 bridgehead atoms. The van der Waals surface area contributed by atoms with Crippen molar-refractivity contribution in [1.29, 1.82) is 0 Å². The van der Waals surface area contributed by atoms with Gasteiger partial charge in [-0.15, -0.1) is 11.3 Å². The highest BCUT2D eigenvalue weighted by atomic mass is 79.9. The van der Waals surface area contributed by atoms with Gasteiger partial charge in [-0.05, 0) is 34.8 Å². The third-order valence-electron chi connectivity index (χ3n) is 3.73. The van der Waals surface area contributed by atoms with Crippen LogP contribution >= 0.6 is 38.9 Å². The number of hydrogen-bond acceptors (Lipinski definition) is 4. The first-order valence-electron chi connectivity index (χ1n) is 6.21. The van der Waals surface area contributed by atoms with Gasteiger partial charge in [-0.2, -0.15) is 0 Å². The van der Waals surface area contributed by atoms with Gasteiger partial charge in [0.05, 0.1) is 18.2 Å². The van der Waals surface area contributed by atoms with Crippen molar-refractivity contribution in [2.24, 2.45) is 5.73 Å². The average molecular weight is 352 g/mol. The van der Waals surface area contributed by atoms with Crippen LogP contribution in [0.4, 0.5) is 0 Å². The maximum absolute atomic E-state index is 6.13. The lowest BCUT2D eigenvalue weighted by Crippen LogP contribution is -2.46. The zero-order chi connectivity index (χ0) is 12.7. The number of thiophene rings is 1. The van der Waals surface area contributed by atoms with Crippen molar-refractivity contribution in [3.05, 3.63) is 19.8 Å². The summed E-state index contributed by atoms with van der Waals surface area (Å²) in [7, 11) is 0. The highest BCUT2D eigenvalue weighted by Crippen LogP contribution is 2.38. The van der Waals surface area contributed by atoms with Crippen molar-refractivity contribution in [1.82, 2.24) is 4.90 Å². The molecular formula is C12H16BrClN2OS. The second-order valence-corrected chi connectivity index (χ2v) is 7.47. The lowest BCUT2D eigenvalue weighted by molar-refractivity contribution is -0.0516. The van der Waals surface area contributed by atoms with E-state index >= 15 is 0 Å². The van der Waals surface area contributed by atoms with Gasteiger partial charge in [-0.3, -0.25) is 4.90 Å². The molecule has 0 aliphatic carbocycles. The van der Waals surface area contributed by atoms with Crippen LogP contribution in [0.25, 0.3) is 0 Å². The van der Waals surface area contributed by atoms with Crippen molar-refractivity contribution < 1.29 is 4.74 Å². The number of halogens is 2. The van der Waals surface area contributed by atoms with Crippen molar-refractivity contribution in [2.75, 3.05) is 19.6 Å². The summed E-state index contributed by atoms with van der Waals surface area (Å²) >= 11 is 11.2. The Balaban J connectivity index is 1.79. The molecule has 3 atom stereocenters. The SMILES string of the molecule is NCC(c1cc(Br)c(Cl)s1)N1CC2CCC(C1)O2. The summed E-state index contributed by atoms with van der Waals surface area (Å²) in [6.07, 6.45) is 3.18.